The molecule has 4 aromatic rings. The number of allylic oxidation sites excluding steroid dienone is 1. The number of hydrogen-bond donors (Lipinski definition) is 2. The van der Waals surface area contributed by atoms with Crippen LogP contribution in [0.5, 0.6) is 0 Å². The van der Waals surface area contributed by atoms with Gasteiger partial charge in [0.15, 0.2) is 0 Å². The lowest BCUT2D eigenvalue weighted by Gasteiger charge is -2.31. The Bertz CT molecular complexity index is 1340. The van der Waals surface area contributed by atoms with Gasteiger partial charge in [-0.2, -0.15) is 0 Å². The topological polar surface area (TPSA) is 59.0 Å². The molecule has 0 bridgehead atoms. The third-order valence-electron chi connectivity index (χ3n) is 5.38. The van der Waals surface area contributed by atoms with Crippen molar-refractivity contribution in [1.29, 1.82) is 0 Å². The van der Waals surface area contributed by atoms with Crippen molar-refractivity contribution < 1.29 is 4.79 Å². The zero-order valence-corrected chi connectivity index (χ0v) is 18.1. The van der Waals surface area contributed by atoms with E-state index < -0.39 is 6.04 Å². The molecule has 2 N–H and O–H groups in total. The molecule has 2 heterocycles. The van der Waals surface area contributed by atoms with Crippen LogP contribution in [-0.4, -0.2) is 15.5 Å². The zero-order valence-electron chi connectivity index (χ0n) is 16.6. The average Bonchev–Trinajstić information content (AvgIpc) is 3.13. The van der Waals surface area contributed by atoms with Crippen LogP contribution in [-0.2, 0) is 4.79 Å². The number of aromatic nitrogens is 2. The van der Waals surface area contributed by atoms with E-state index in [1.165, 1.54) is 0 Å². The first-order valence-corrected chi connectivity index (χ1v) is 10.6. The van der Waals surface area contributed by atoms with E-state index in [-0.39, 0.29) is 5.91 Å². The molecular formula is C24H18Cl2N4O. The number of carbonyl (C=O) groups is 1. The minimum atomic E-state index is -0.501. The Labute approximate surface area is 189 Å². The Morgan fingerprint density at radius 3 is 2.55 bits per heavy atom. The van der Waals surface area contributed by atoms with Gasteiger partial charge in [0.25, 0.3) is 5.91 Å². The number of imidazole rings is 1. The fourth-order valence-corrected chi connectivity index (χ4v) is 4.42. The molecule has 1 atom stereocenters. The molecule has 1 amide bonds. The third kappa shape index (κ3) is 3.36. The van der Waals surface area contributed by atoms with E-state index in [4.69, 9.17) is 28.2 Å². The van der Waals surface area contributed by atoms with Gasteiger partial charge in [-0.3, -0.25) is 9.36 Å². The van der Waals surface area contributed by atoms with E-state index in [2.05, 4.69) is 10.6 Å². The first-order chi connectivity index (χ1) is 15.0. The van der Waals surface area contributed by atoms with Gasteiger partial charge in [0.05, 0.1) is 32.7 Å². The zero-order chi connectivity index (χ0) is 21.5. The van der Waals surface area contributed by atoms with Crippen molar-refractivity contribution in [1.82, 2.24) is 9.55 Å². The molecule has 5 rings (SSSR count). The Balaban J connectivity index is 1.72. The van der Waals surface area contributed by atoms with Gasteiger partial charge in [-0.1, -0.05) is 65.7 Å². The van der Waals surface area contributed by atoms with E-state index in [1.807, 2.05) is 78.2 Å². The highest BCUT2D eigenvalue weighted by Gasteiger charge is 2.35. The first kappa shape index (κ1) is 19.7. The summed E-state index contributed by atoms with van der Waals surface area (Å²) in [5.74, 6) is 0.427. The lowest BCUT2D eigenvalue weighted by molar-refractivity contribution is -0.113. The van der Waals surface area contributed by atoms with Crippen LogP contribution in [0.2, 0.25) is 10.0 Å². The predicted molar refractivity (Wildman–Crippen MR) is 126 cm³/mol. The lowest BCUT2D eigenvalue weighted by atomic mass is 9.94. The highest BCUT2D eigenvalue weighted by molar-refractivity contribution is 6.42. The maximum atomic E-state index is 13.5. The van der Waals surface area contributed by atoms with Crippen molar-refractivity contribution >= 4 is 51.8 Å². The van der Waals surface area contributed by atoms with Crippen molar-refractivity contribution in [3.63, 3.8) is 0 Å². The van der Waals surface area contributed by atoms with Gasteiger partial charge in [0.1, 0.15) is 0 Å². The SMILES string of the molecule is CC1=C(C(=O)Nc2ccccc2)C(c2cccc(Cl)c2Cl)n2c(nc3ccccc32)N1. The van der Waals surface area contributed by atoms with Crippen LogP contribution in [0, 0.1) is 0 Å². The number of hydrogen-bond acceptors (Lipinski definition) is 3. The normalized spacial score (nSPS) is 15.5. The van der Waals surface area contributed by atoms with Gasteiger partial charge in [-0.25, -0.2) is 4.98 Å². The van der Waals surface area contributed by atoms with Gasteiger partial charge in [-0.15, -0.1) is 0 Å². The second kappa shape index (κ2) is 7.76. The van der Waals surface area contributed by atoms with Crippen LogP contribution in [0.25, 0.3) is 11.0 Å². The molecule has 0 aliphatic carbocycles. The molecule has 1 aliphatic heterocycles. The number of rotatable bonds is 3. The number of benzene rings is 3. The Hall–Kier alpha value is -3.28. The molecule has 0 saturated heterocycles. The largest absolute Gasteiger partial charge is 0.329 e. The Morgan fingerprint density at radius 1 is 1.00 bits per heavy atom. The number of amides is 1. The second-order valence-electron chi connectivity index (χ2n) is 7.32. The first-order valence-electron chi connectivity index (χ1n) is 9.79. The predicted octanol–water partition coefficient (Wildman–Crippen LogP) is 6.27. The lowest BCUT2D eigenvalue weighted by Crippen LogP contribution is -2.31. The summed E-state index contributed by atoms with van der Waals surface area (Å²) in [6.07, 6.45) is 0. The molecule has 0 fully saturated rings. The van der Waals surface area contributed by atoms with Crippen LogP contribution in [0.1, 0.15) is 18.5 Å². The molecule has 0 spiro atoms. The smallest absolute Gasteiger partial charge is 0.255 e. The minimum absolute atomic E-state index is 0.222. The molecule has 31 heavy (non-hydrogen) atoms. The molecular weight excluding hydrogens is 431 g/mol. The van der Waals surface area contributed by atoms with E-state index in [9.17, 15) is 4.79 Å². The van der Waals surface area contributed by atoms with Gasteiger partial charge < -0.3 is 10.6 Å². The summed E-state index contributed by atoms with van der Waals surface area (Å²) in [7, 11) is 0. The molecule has 0 radical (unpaired) electrons. The number of nitrogens with one attached hydrogen (secondary N) is 2. The summed E-state index contributed by atoms with van der Waals surface area (Å²) >= 11 is 13.0. The van der Waals surface area contributed by atoms with Crippen molar-refractivity contribution in [3.8, 4) is 0 Å². The highest BCUT2D eigenvalue weighted by Crippen LogP contribution is 2.43. The Kier molecular flexibility index (Phi) is 4.93. The molecule has 1 unspecified atom stereocenters. The fraction of sp³-hybridized carbons (Fsp3) is 0.0833. The van der Waals surface area contributed by atoms with Gasteiger partial charge in [-0.05, 0) is 42.8 Å². The minimum Gasteiger partial charge on any atom is -0.329 e. The monoisotopic (exact) mass is 448 g/mol. The maximum Gasteiger partial charge on any atom is 0.255 e. The van der Waals surface area contributed by atoms with E-state index in [0.717, 1.165) is 16.6 Å². The molecule has 7 heteroatoms. The molecule has 1 aliphatic rings. The molecule has 5 nitrogen and oxygen atoms in total. The van der Waals surface area contributed by atoms with Crippen LogP contribution >= 0.6 is 23.2 Å². The second-order valence-corrected chi connectivity index (χ2v) is 8.11. The number of halogens is 2. The highest BCUT2D eigenvalue weighted by atomic mass is 35.5. The van der Waals surface area contributed by atoms with E-state index >= 15 is 0 Å². The van der Waals surface area contributed by atoms with Crippen LogP contribution in [0.3, 0.4) is 0 Å². The molecule has 1 aromatic heterocycles. The van der Waals surface area contributed by atoms with Crippen molar-refractivity contribution in [3.05, 3.63) is 99.7 Å². The number of nitrogens with zero attached hydrogens (tertiary/aromatic N) is 2. The number of anilines is 2. The van der Waals surface area contributed by atoms with Crippen LogP contribution in [0.4, 0.5) is 11.6 Å². The third-order valence-corrected chi connectivity index (χ3v) is 6.22. The maximum absolute atomic E-state index is 13.5. The summed E-state index contributed by atoms with van der Waals surface area (Å²) < 4.78 is 2.00. The van der Waals surface area contributed by atoms with Gasteiger partial charge in [0, 0.05) is 11.4 Å². The van der Waals surface area contributed by atoms with E-state index in [0.29, 0.717) is 33.0 Å². The van der Waals surface area contributed by atoms with Crippen molar-refractivity contribution in [2.24, 2.45) is 0 Å². The summed E-state index contributed by atoms with van der Waals surface area (Å²) in [6.45, 7) is 1.87. The van der Waals surface area contributed by atoms with Gasteiger partial charge in [0.2, 0.25) is 5.95 Å². The van der Waals surface area contributed by atoms with Crippen molar-refractivity contribution in [2.45, 2.75) is 13.0 Å². The fourth-order valence-electron chi connectivity index (χ4n) is 4.00. The molecule has 0 saturated carbocycles. The van der Waals surface area contributed by atoms with Crippen LogP contribution in [0.15, 0.2) is 84.1 Å². The molecule has 3 aromatic carbocycles. The summed E-state index contributed by atoms with van der Waals surface area (Å²) in [5, 5.41) is 7.14. The number of para-hydroxylation sites is 3. The number of fused-ring (bicyclic) bond motifs is 3. The Morgan fingerprint density at radius 2 is 1.74 bits per heavy atom. The summed E-state index contributed by atoms with van der Waals surface area (Å²) in [4.78, 5) is 18.2. The van der Waals surface area contributed by atoms with Crippen molar-refractivity contribution in [2.75, 3.05) is 10.6 Å². The summed E-state index contributed by atoms with van der Waals surface area (Å²) in [5.41, 5.74) is 4.41. The summed E-state index contributed by atoms with van der Waals surface area (Å²) in [6, 6.07) is 22.1. The standard InChI is InChI=1S/C24H18Cl2N4O/c1-14-20(23(31)28-15-8-3-2-4-9-15)22(16-10-7-11-17(25)21(16)26)30-19-13-6-5-12-18(19)29-24(30)27-14/h2-13,22H,1H3,(H,27,29)(H,28,31). The quantitative estimate of drug-likeness (QED) is 0.388. The average molecular weight is 449 g/mol. The van der Waals surface area contributed by atoms with E-state index in [1.54, 1.807) is 6.07 Å². The van der Waals surface area contributed by atoms with Gasteiger partial charge >= 0.3 is 0 Å². The molecule has 154 valence electrons. The van der Waals surface area contributed by atoms with Crippen LogP contribution < -0.4 is 10.6 Å². The number of carbonyl (C=O) groups excluding carboxylic acids is 1.